The fourth-order valence-corrected chi connectivity index (χ4v) is 6.98. The lowest BCUT2D eigenvalue weighted by Crippen LogP contribution is -2.40. The Morgan fingerprint density at radius 1 is 1.11 bits per heavy atom. The van der Waals surface area contributed by atoms with E-state index in [2.05, 4.69) is 42.4 Å². The molecule has 1 N–H and O–H groups in total. The van der Waals surface area contributed by atoms with Gasteiger partial charge in [0.15, 0.2) is 0 Å². The molecule has 2 amide bonds. The van der Waals surface area contributed by atoms with Gasteiger partial charge < -0.3 is 9.64 Å². The number of carbonyl (C=O) groups excluding carboxylic acids is 2. The molecule has 0 radical (unpaired) electrons. The molecule has 1 saturated carbocycles. The number of pyridine rings is 1. The zero-order valence-corrected chi connectivity index (χ0v) is 26.8. The number of hydrogen-bond acceptors (Lipinski definition) is 7. The molecule has 2 saturated heterocycles. The minimum absolute atomic E-state index is 0.110. The fraction of sp³-hybridized carbons (Fsp3) is 0.677. The predicted octanol–water partition coefficient (Wildman–Crippen LogP) is 6.38. The van der Waals surface area contributed by atoms with Crippen molar-refractivity contribution in [3.8, 4) is 0 Å². The van der Waals surface area contributed by atoms with Gasteiger partial charge in [-0.05, 0) is 76.5 Å². The van der Waals surface area contributed by atoms with Crippen LogP contribution in [0.1, 0.15) is 89.4 Å². The summed E-state index contributed by atoms with van der Waals surface area (Å²) in [5.41, 5.74) is -1.50. The molecule has 6 rings (SSSR count). The first-order valence-corrected chi connectivity index (χ1v) is 16.5. The topological polar surface area (TPSA) is 92.6 Å². The molecule has 0 aromatic carbocycles. The molecule has 242 valence electrons. The lowest BCUT2D eigenvalue weighted by Gasteiger charge is -2.34. The molecular formula is C31H43F3N6O3S. The van der Waals surface area contributed by atoms with Crippen LogP contribution in [-0.2, 0) is 16.1 Å². The van der Waals surface area contributed by atoms with E-state index in [9.17, 15) is 22.8 Å². The van der Waals surface area contributed by atoms with E-state index in [1.807, 2.05) is 16.9 Å². The lowest BCUT2D eigenvalue weighted by atomic mass is 9.93. The van der Waals surface area contributed by atoms with Crippen LogP contribution in [0, 0.1) is 11.3 Å². The zero-order valence-electron chi connectivity index (χ0n) is 26.0. The Hall–Kier alpha value is -2.80. The van der Waals surface area contributed by atoms with E-state index in [0.717, 1.165) is 44.3 Å². The van der Waals surface area contributed by atoms with Crippen LogP contribution in [0.25, 0.3) is 0 Å². The molecule has 4 aliphatic rings. The molecule has 4 bridgehead atoms. The van der Waals surface area contributed by atoms with E-state index in [4.69, 9.17) is 9.72 Å². The number of anilines is 2. The van der Waals surface area contributed by atoms with E-state index in [1.54, 1.807) is 12.1 Å². The fourth-order valence-electron chi connectivity index (χ4n) is 6.40. The van der Waals surface area contributed by atoms with Gasteiger partial charge in [-0.15, -0.1) is 0 Å². The number of halogens is 3. The summed E-state index contributed by atoms with van der Waals surface area (Å²) in [6.07, 6.45) is 1.55. The summed E-state index contributed by atoms with van der Waals surface area (Å²) in [6.45, 7) is 10.3. The van der Waals surface area contributed by atoms with Gasteiger partial charge in [-0.2, -0.15) is 18.3 Å². The summed E-state index contributed by atoms with van der Waals surface area (Å²) in [4.78, 5) is 35.2. The van der Waals surface area contributed by atoms with Crippen LogP contribution in [-0.4, -0.2) is 64.1 Å². The standard InChI is InChI=1S/C28H35F3N6O3S.C3H8/c1-26(2)16-18-4-3-12-35-13-8-22(33-35)41-34-24(38)19-5-6-21(32-23(19)37(26)17-18)36-14-7-20(25(36)39)40-15-11-27(9-10-27)28(29,30)31;1-3-2/h5-6,8,13,18,20H,3-4,7,9-12,14-17H2,1-2H3,(H,34,38);3H2,1-2H3. The van der Waals surface area contributed by atoms with E-state index in [0.29, 0.717) is 41.1 Å². The SMILES string of the molecule is CC1(C)CC2CCCn3ccc(n3)SNC(=O)c3ccc(N4CCC(OCCC5(C(F)(F)F)CC5)C4=O)nc3N1C2.CCC. The van der Waals surface area contributed by atoms with Crippen molar-refractivity contribution in [2.75, 3.05) is 29.5 Å². The largest absolute Gasteiger partial charge is 0.394 e. The van der Waals surface area contributed by atoms with Gasteiger partial charge in [-0.3, -0.25) is 23.9 Å². The highest BCUT2D eigenvalue weighted by atomic mass is 32.2. The predicted molar refractivity (Wildman–Crippen MR) is 164 cm³/mol. The van der Waals surface area contributed by atoms with Crippen LogP contribution in [0.3, 0.4) is 0 Å². The highest BCUT2D eigenvalue weighted by Gasteiger charge is 2.62. The maximum Gasteiger partial charge on any atom is 0.394 e. The average Bonchev–Trinajstić information content (AvgIpc) is 3.33. The maximum atomic E-state index is 13.4. The average molecular weight is 637 g/mol. The number of carbonyl (C=O) groups is 2. The summed E-state index contributed by atoms with van der Waals surface area (Å²) in [5, 5.41) is 5.23. The highest BCUT2D eigenvalue weighted by Crippen LogP contribution is 2.60. The summed E-state index contributed by atoms with van der Waals surface area (Å²) in [6, 6.07) is 5.23. The number of nitrogens with zero attached hydrogens (tertiary/aromatic N) is 5. The van der Waals surface area contributed by atoms with Crippen LogP contribution >= 0.6 is 11.9 Å². The summed E-state index contributed by atoms with van der Waals surface area (Å²) >= 11 is 1.15. The molecule has 2 aromatic rings. The van der Waals surface area contributed by atoms with E-state index >= 15 is 0 Å². The number of rotatable bonds is 5. The van der Waals surface area contributed by atoms with Crippen molar-refractivity contribution in [3.63, 3.8) is 0 Å². The Bertz CT molecular complexity index is 1350. The molecule has 2 unspecified atom stereocenters. The van der Waals surface area contributed by atoms with Crippen LogP contribution in [0.15, 0.2) is 29.4 Å². The quantitative estimate of drug-likeness (QED) is 0.381. The molecule has 3 fully saturated rings. The van der Waals surface area contributed by atoms with Crippen molar-refractivity contribution in [2.24, 2.45) is 11.3 Å². The number of aromatic nitrogens is 3. The van der Waals surface area contributed by atoms with Crippen molar-refractivity contribution >= 4 is 35.4 Å². The smallest absolute Gasteiger partial charge is 0.368 e. The van der Waals surface area contributed by atoms with E-state index in [1.165, 1.54) is 11.3 Å². The normalized spacial score (nSPS) is 24.2. The van der Waals surface area contributed by atoms with Crippen molar-refractivity contribution < 1.29 is 27.5 Å². The Morgan fingerprint density at radius 2 is 1.86 bits per heavy atom. The third-order valence-corrected chi connectivity index (χ3v) is 9.69. The number of fused-ring (bicyclic) bond motifs is 6. The Morgan fingerprint density at radius 3 is 2.57 bits per heavy atom. The molecule has 3 aliphatic heterocycles. The lowest BCUT2D eigenvalue weighted by molar-refractivity contribution is -0.192. The number of amides is 2. The van der Waals surface area contributed by atoms with Crippen LogP contribution in [0.2, 0.25) is 0 Å². The van der Waals surface area contributed by atoms with E-state index in [-0.39, 0.29) is 43.2 Å². The molecule has 5 heterocycles. The molecule has 44 heavy (non-hydrogen) atoms. The Kier molecular flexibility index (Phi) is 9.55. The van der Waals surface area contributed by atoms with Gasteiger partial charge in [-0.25, -0.2) is 4.98 Å². The van der Waals surface area contributed by atoms with Crippen LogP contribution < -0.4 is 14.5 Å². The number of alkyl halides is 3. The molecule has 9 nitrogen and oxygen atoms in total. The van der Waals surface area contributed by atoms with Crippen molar-refractivity contribution in [2.45, 2.75) is 108 Å². The minimum Gasteiger partial charge on any atom is -0.368 e. The Balaban J connectivity index is 0.00000123. The number of nitrogens with one attached hydrogen (secondary N) is 1. The molecule has 1 aliphatic carbocycles. The molecule has 2 atom stereocenters. The van der Waals surface area contributed by atoms with Crippen LogP contribution in [0.4, 0.5) is 24.8 Å². The summed E-state index contributed by atoms with van der Waals surface area (Å²) < 4.78 is 50.3. The first-order chi connectivity index (χ1) is 20.9. The molecule has 0 spiro atoms. The van der Waals surface area contributed by atoms with Gasteiger partial charge in [0.05, 0.1) is 11.0 Å². The number of hydrogen-bond donors (Lipinski definition) is 1. The van der Waals surface area contributed by atoms with Crippen molar-refractivity contribution in [1.82, 2.24) is 19.5 Å². The van der Waals surface area contributed by atoms with Gasteiger partial charge in [0.25, 0.3) is 11.8 Å². The minimum atomic E-state index is -4.24. The van der Waals surface area contributed by atoms with Gasteiger partial charge in [0.2, 0.25) is 0 Å². The zero-order chi connectivity index (χ0) is 31.7. The van der Waals surface area contributed by atoms with Gasteiger partial charge in [0, 0.05) is 56.3 Å². The molecule has 2 aromatic heterocycles. The first kappa shape index (κ1) is 32.6. The Labute approximate surface area is 261 Å². The van der Waals surface area contributed by atoms with Gasteiger partial charge in [-0.1, -0.05) is 20.3 Å². The second-order valence-electron chi connectivity index (χ2n) is 13.0. The summed E-state index contributed by atoms with van der Waals surface area (Å²) in [5.74, 6) is 0.727. The molecular weight excluding hydrogens is 593 g/mol. The van der Waals surface area contributed by atoms with Crippen molar-refractivity contribution in [3.05, 3.63) is 30.0 Å². The monoisotopic (exact) mass is 636 g/mol. The van der Waals surface area contributed by atoms with Gasteiger partial charge in [0.1, 0.15) is 22.8 Å². The third-order valence-electron chi connectivity index (χ3n) is 8.97. The first-order valence-electron chi connectivity index (χ1n) is 15.7. The number of ether oxygens (including phenoxy) is 1. The molecule has 13 heteroatoms. The van der Waals surface area contributed by atoms with E-state index < -0.39 is 17.7 Å². The third kappa shape index (κ3) is 6.88. The van der Waals surface area contributed by atoms with Crippen molar-refractivity contribution in [1.29, 1.82) is 0 Å². The maximum absolute atomic E-state index is 13.4. The van der Waals surface area contributed by atoms with Crippen LogP contribution in [0.5, 0.6) is 0 Å². The number of aryl methyl sites for hydroxylation is 1. The second kappa shape index (κ2) is 12.9. The van der Waals surface area contributed by atoms with Gasteiger partial charge >= 0.3 is 6.18 Å². The summed E-state index contributed by atoms with van der Waals surface area (Å²) in [7, 11) is 0. The second-order valence-corrected chi connectivity index (χ2v) is 13.8. The highest BCUT2D eigenvalue weighted by molar-refractivity contribution is 7.97.